The molecule has 0 radical (unpaired) electrons. The molecule has 0 saturated carbocycles. The van der Waals surface area contributed by atoms with E-state index in [1.165, 1.54) is 0 Å². The number of nitrogens with zero attached hydrogens (tertiary/aromatic N) is 3. The highest BCUT2D eigenvalue weighted by atomic mass is 16.2. The highest BCUT2D eigenvalue weighted by Gasteiger charge is 2.23. The smallest absolute Gasteiger partial charge is 0.250 e. The Labute approximate surface area is 169 Å². The predicted molar refractivity (Wildman–Crippen MR) is 112 cm³/mol. The molecule has 2 heterocycles. The topological polar surface area (TPSA) is 93.2 Å². The van der Waals surface area contributed by atoms with Crippen molar-refractivity contribution in [1.29, 1.82) is 0 Å². The minimum Gasteiger partial charge on any atom is -0.366 e. The van der Waals surface area contributed by atoms with Crippen molar-refractivity contribution in [2.75, 3.05) is 20.1 Å². The van der Waals surface area contributed by atoms with Crippen molar-refractivity contribution in [3.63, 3.8) is 0 Å². The minimum absolute atomic E-state index is 0.0731. The van der Waals surface area contributed by atoms with E-state index in [9.17, 15) is 9.59 Å². The van der Waals surface area contributed by atoms with Gasteiger partial charge in [-0.25, -0.2) is 4.68 Å². The Morgan fingerprint density at radius 1 is 1.24 bits per heavy atom. The fourth-order valence-corrected chi connectivity index (χ4v) is 3.86. The van der Waals surface area contributed by atoms with Crippen LogP contribution in [0.25, 0.3) is 16.6 Å². The Hall–Kier alpha value is -3.19. The van der Waals surface area contributed by atoms with E-state index in [2.05, 4.69) is 10.4 Å². The summed E-state index contributed by atoms with van der Waals surface area (Å²) in [6.07, 6.45) is 3.88. The summed E-state index contributed by atoms with van der Waals surface area (Å²) in [6.45, 7) is 2.34. The first-order valence-corrected chi connectivity index (χ1v) is 9.86. The normalized spacial score (nSPS) is 16.7. The van der Waals surface area contributed by atoms with Gasteiger partial charge < -0.3 is 16.0 Å². The minimum atomic E-state index is -0.489. The summed E-state index contributed by atoms with van der Waals surface area (Å²) >= 11 is 0. The molecule has 2 aromatic carbocycles. The molecule has 1 aliphatic rings. The Morgan fingerprint density at radius 2 is 2.03 bits per heavy atom. The molecule has 7 nitrogen and oxygen atoms in total. The van der Waals surface area contributed by atoms with E-state index in [0.29, 0.717) is 17.6 Å². The number of nitrogens with two attached hydrogens (primary N) is 1. The van der Waals surface area contributed by atoms with Crippen LogP contribution in [-0.4, -0.2) is 46.6 Å². The molecule has 1 aromatic heterocycles. The first-order chi connectivity index (χ1) is 14.0. The summed E-state index contributed by atoms with van der Waals surface area (Å²) in [7, 11) is 1.86. The lowest BCUT2D eigenvalue weighted by molar-refractivity contribution is -0.135. The van der Waals surface area contributed by atoms with Gasteiger partial charge in [-0.3, -0.25) is 9.59 Å². The van der Waals surface area contributed by atoms with Crippen LogP contribution < -0.4 is 11.1 Å². The summed E-state index contributed by atoms with van der Waals surface area (Å²) in [6, 6.07) is 13.3. The molecule has 0 spiro atoms. The Kier molecular flexibility index (Phi) is 5.31. The molecule has 0 aliphatic carbocycles. The van der Waals surface area contributed by atoms with Gasteiger partial charge in [0.25, 0.3) is 5.91 Å². The molecule has 1 aliphatic heterocycles. The lowest BCUT2D eigenvalue weighted by Gasteiger charge is -2.27. The molecule has 4 rings (SSSR count). The number of carbonyl (C=O) groups excluding carboxylic acids is 2. The van der Waals surface area contributed by atoms with E-state index in [0.717, 1.165) is 42.6 Å². The third kappa shape index (κ3) is 4.00. The van der Waals surface area contributed by atoms with Gasteiger partial charge in [-0.15, -0.1) is 0 Å². The number of piperidine rings is 1. The summed E-state index contributed by atoms with van der Waals surface area (Å²) in [5.41, 5.74) is 8.39. The number of amides is 2. The first kappa shape index (κ1) is 19.1. The second kappa shape index (κ2) is 8.05. The van der Waals surface area contributed by atoms with Gasteiger partial charge in [-0.05, 0) is 43.1 Å². The lowest BCUT2D eigenvalue weighted by Crippen LogP contribution is -2.41. The summed E-state index contributed by atoms with van der Waals surface area (Å²) < 4.78 is 1.74. The molecule has 7 heteroatoms. The molecule has 150 valence electrons. The van der Waals surface area contributed by atoms with Gasteiger partial charge >= 0.3 is 0 Å². The molecule has 1 fully saturated rings. The SMILES string of the molecule is CN(Cc1ccc(-n2cc3cccc(C(N)=O)c3n2)cc1)C(=O)C1CCCNC1. The average molecular weight is 391 g/mol. The third-order valence-corrected chi connectivity index (χ3v) is 5.44. The second-order valence-electron chi connectivity index (χ2n) is 7.59. The zero-order valence-corrected chi connectivity index (χ0v) is 16.5. The Balaban J connectivity index is 1.49. The number of aromatic nitrogens is 2. The Morgan fingerprint density at radius 3 is 2.72 bits per heavy atom. The van der Waals surface area contributed by atoms with E-state index in [1.54, 1.807) is 21.7 Å². The molecular weight excluding hydrogens is 366 g/mol. The maximum absolute atomic E-state index is 12.6. The van der Waals surface area contributed by atoms with Crippen molar-refractivity contribution in [2.45, 2.75) is 19.4 Å². The lowest BCUT2D eigenvalue weighted by atomic mass is 9.98. The average Bonchev–Trinajstić information content (AvgIpc) is 3.18. The fourth-order valence-electron chi connectivity index (χ4n) is 3.86. The number of rotatable bonds is 5. The number of nitrogens with one attached hydrogen (secondary N) is 1. The molecule has 3 N–H and O–H groups in total. The van der Waals surface area contributed by atoms with E-state index in [1.807, 2.05) is 43.6 Å². The van der Waals surface area contributed by atoms with E-state index < -0.39 is 5.91 Å². The van der Waals surface area contributed by atoms with Crippen molar-refractivity contribution in [3.8, 4) is 5.69 Å². The van der Waals surface area contributed by atoms with Crippen LogP contribution in [0.4, 0.5) is 0 Å². The van der Waals surface area contributed by atoms with Gasteiger partial charge in [0, 0.05) is 31.7 Å². The first-order valence-electron chi connectivity index (χ1n) is 9.86. The maximum atomic E-state index is 12.6. The van der Waals surface area contributed by atoms with Crippen molar-refractivity contribution in [3.05, 3.63) is 59.8 Å². The van der Waals surface area contributed by atoms with E-state index in [-0.39, 0.29) is 11.8 Å². The highest BCUT2D eigenvalue weighted by molar-refractivity contribution is 6.04. The van der Waals surface area contributed by atoms with Crippen LogP contribution in [0, 0.1) is 5.92 Å². The number of benzene rings is 2. The van der Waals surface area contributed by atoms with Gasteiger partial charge in [0.2, 0.25) is 5.91 Å². The van der Waals surface area contributed by atoms with Gasteiger partial charge in [0.05, 0.1) is 17.2 Å². The molecule has 2 amide bonds. The van der Waals surface area contributed by atoms with Crippen molar-refractivity contribution >= 4 is 22.7 Å². The molecule has 1 unspecified atom stereocenters. The molecular formula is C22H25N5O2. The summed E-state index contributed by atoms with van der Waals surface area (Å²) in [5.74, 6) is -0.223. The van der Waals surface area contributed by atoms with Crippen molar-refractivity contribution < 1.29 is 9.59 Å². The largest absolute Gasteiger partial charge is 0.366 e. The fraction of sp³-hybridized carbons (Fsp3) is 0.318. The van der Waals surface area contributed by atoms with Crippen LogP contribution in [0.5, 0.6) is 0 Å². The quantitative estimate of drug-likeness (QED) is 0.696. The Bertz CT molecular complexity index is 1040. The zero-order valence-electron chi connectivity index (χ0n) is 16.5. The monoisotopic (exact) mass is 391 g/mol. The van der Waals surface area contributed by atoms with Crippen molar-refractivity contribution in [2.24, 2.45) is 11.7 Å². The number of hydrogen-bond acceptors (Lipinski definition) is 4. The standard InChI is InChI=1S/C22H25N5O2/c1-26(22(29)16-5-3-11-24-12-16)13-15-7-9-18(10-8-15)27-14-17-4-2-6-19(21(23)28)20(17)25-27/h2,4,6-10,14,16,24H,3,5,11-13H2,1H3,(H2,23,28). The predicted octanol–water partition coefficient (Wildman–Crippen LogP) is 2.08. The molecule has 1 atom stereocenters. The number of hydrogen-bond donors (Lipinski definition) is 2. The molecule has 0 bridgehead atoms. The van der Waals surface area contributed by atoms with Crippen LogP contribution in [0.15, 0.2) is 48.7 Å². The van der Waals surface area contributed by atoms with Crippen molar-refractivity contribution in [1.82, 2.24) is 20.0 Å². The van der Waals surface area contributed by atoms with E-state index in [4.69, 9.17) is 5.73 Å². The number of carbonyl (C=O) groups is 2. The van der Waals surface area contributed by atoms with Crippen LogP contribution >= 0.6 is 0 Å². The summed E-state index contributed by atoms with van der Waals surface area (Å²) in [4.78, 5) is 26.0. The third-order valence-electron chi connectivity index (χ3n) is 5.44. The van der Waals surface area contributed by atoms with Gasteiger partial charge in [-0.2, -0.15) is 5.10 Å². The molecule has 3 aromatic rings. The van der Waals surface area contributed by atoms with Gasteiger partial charge in [-0.1, -0.05) is 24.3 Å². The number of fused-ring (bicyclic) bond motifs is 1. The highest BCUT2D eigenvalue weighted by Crippen LogP contribution is 2.20. The molecule has 1 saturated heterocycles. The van der Waals surface area contributed by atoms with Gasteiger partial charge in [0.1, 0.15) is 5.52 Å². The zero-order chi connectivity index (χ0) is 20.4. The maximum Gasteiger partial charge on any atom is 0.250 e. The van der Waals surface area contributed by atoms with Crippen LogP contribution in [-0.2, 0) is 11.3 Å². The van der Waals surface area contributed by atoms with Crippen LogP contribution in [0.3, 0.4) is 0 Å². The van der Waals surface area contributed by atoms with Crippen LogP contribution in [0.1, 0.15) is 28.8 Å². The molecule has 29 heavy (non-hydrogen) atoms. The number of primary amides is 1. The second-order valence-corrected chi connectivity index (χ2v) is 7.59. The van der Waals surface area contributed by atoms with E-state index >= 15 is 0 Å². The summed E-state index contributed by atoms with van der Waals surface area (Å²) in [5, 5.41) is 8.68. The van der Waals surface area contributed by atoms with Gasteiger partial charge in [0.15, 0.2) is 0 Å². The van der Waals surface area contributed by atoms with Crippen LogP contribution in [0.2, 0.25) is 0 Å².